The van der Waals surface area contributed by atoms with E-state index >= 15 is 0 Å². The molecule has 108 valence electrons. The van der Waals surface area contributed by atoms with Crippen LogP contribution in [0.4, 0.5) is 5.69 Å². The number of primary amides is 1. The molecule has 0 aromatic heterocycles. The highest BCUT2D eigenvalue weighted by Crippen LogP contribution is 2.28. The first-order valence-electron chi connectivity index (χ1n) is 6.20. The quantitative estimate of drug-likeness (QED) is 0.740. The Bertz CT molecular complexity index is 698. The third-order valence-electron chi connectivity index (χ3n) is 2.85. The van der Waals surface area contributed by atoms with E-state index in [1.807, 2.05) is 0 Å². The third-order valence-corrected chi connectivity index (χ3v) is 2.85. The summed E-state index contributed by atoms with van der Waals surface area (Å²) >= 11 is 0. The van der Waals surface area contributed by atoms with Gasteiger partial charge in [-0.15, -0.1) is 0 Å². The Labute approximate surface area is 121 Å². The van der Waals surface area contributed by atoms with E-state index in [0.29, 0.717) is 28.3 Å². The largest absolute Gasteiger partial charge is 0.455 e. The summed E-state index contributed by atoms with van der Waals surface area (Å²) in [6.45, 7) is 0. The van der Waals surface area contributed by atoms with Gasteiger partial charge in [0.1, 0.15) is 5.75 Å². The lowest BCUT2D eigenvalue weighted by atomic mass is 10.1. The van der Waals surface area contributed by atoms with Crippen LogP contribution in [0.1, 0.15) is 20.7 Å². The van der Waals surface area contributed by atoms with Crippen molar-refractivity contribution in [2.24, 2.45) is 5.73 Å². The van der Waals surface area contributed by atoms with Crippen LogP contribution < -0.4 is 21.5 Å². The van der Waals surface area contributed by atoms with Gasteiger partial charge in [-0.1, -0.05) is 6.07 Å². The zero-order valence-corrected chi connectivity index (χ0v) is 11.4. The predicted molar refractivity (Wildman–Crippen MR) is 79.3 cm³/mol. The molecule has 21 heavy (non-hydrogen) atoms. The summed E-state index contributed by atoms with van der Waals surface area (Å²) in [4.78, 5) is 22.7. The zero-order valence-electron chi connectivity index (χ0n) is 11.4. The normalized spacial score (nSPS) is 9.95. The van der Waals surface area contributed by atoms with Crippen molar-refractivity contribution in [2.45, 2.75) is 0 Å². The predicted octanol–water partition coefficient (Wildman–Crippen LogP) is 1.52. The minimum Gasteiger partial charge on any atom is -0.455 e. The minimum absolute atomic E-state index is 0.245. The number of rotatable bonds is 4. The van der Waals surface area contributed by atoms with Crippen LogP contribution in [0, 0.1) is 0 Å². The zero-order chi connectivity index (χ0) is 15.4. The molecule has 6 heteroatoms. The number of nitrogens with two attached hydrogens (primary N) is 2. The van der Waals surface area contributed by atoms with Crippen molar-refractivity contribution < 1.29 is 14.3 Å². The van der Waals surface area contributed by atoms with E-state index < -0.39 is 5.91 Å². The molecule has 2 aromatic carbocycles. The number of benzene rings is 2. The molecule has 0 fully saturated rings. The fraction of sp³-hybridized carbons (Fsp3) is 0.0667. The lowest BCUT2D eigenvalue weighted by molar-refractivity contribution is 0.0961. The van der Waals surface area contributed by atoms with Gasteiger partial charge in [-0.05, 0) is 36.4 Å². The molecule has 0 atom stereocenters. The van der Waals surface area contributed by atoms with Crippen molar-refractivity contribution in [1.29, 1.82) is 0 Å². The number of nitrogen functional groups attached to an aromatic ring is 1. The van der Waals surface area contributed by atoms with E-state index in [0.717, 1.165) is 0 Å². The molecule has 5 N–H and O–H groups in total. The van der Waals surface area contributed by atoms with E-state index in [1.165, 1.54) is 19.2 Å². The topological polar surface area (TPSA) is 107 Å². The van der Waals surface area contributed by atoms with Gasteiger partial charge in [-0.3, -0.25) is 9.59 Å². The smallest absolute Gasteiger partial charge is 0.251 e. The van der Waals surface area contributed by atoms with Crippen LogP contribution >= 0.6 is 0 Å². The highest BCUT2D eigenvalue weighted by atomic mass is 16.5. The van der Waals surface area contributed by atoms with E-state index in [2.05, 4.69) is 5.32 Å². The molecule has 6 nitrogen and oxygen atoms in total. The number of amides is 2. The fourth-order valence-electron chi connectivity index (χ4n) is 1.75. The molecule has 2 amide bonds. The van der Waals surface area contributed by atoms with E-state index in [-0.39, 0.29) is 5.91 Å². The van der Waals surface area contributed by atoms with Gasteiger partial charge in [0.15, 0.2) is 5.75 Å². The first-order chi connectivity index (χ1) is 10.0. The number of ether oxygens (including phenoxy) is 1. The lowest BCUT2D eigenvalue weighted by Crippen LogP contribution is -2.17. The summed E-state index contributed by atoms with van der Waals surface area (Å²) < 4.78 is 5.62. The molecule has 2 rings (SSSR count). The molecule has 0 aliphatic rings. The number of nitrogens with one attached hydrogen (secondary N) is 1. The number of hydrogen-bond acceptors (Lipinski definition) is 4. The van der Waals surface area contributed by atoms with Crippen LogP contribution in [0.2, 0.25) is 0 Å². The van der Waals surface area contributed by atoms with Crippen molar-refractivity contribution in [2.75, 3.05) is 12.8 Å². The molecule has 2 aromatic rings. The summed E-state index contributed by atoms with van der Waals surface area (Å²) in [7, 11) is 1.54. The molecule has 0 aliphatic carbocycles. The lowest BCUT2D eigenvalue weighted by Gasteiger charge is -2.10. The summed E-state index contributed by atoms with van der Waals surface area (Å²) in [6.07, 6.45) is 0. The van der Waals surface area contributed by atoms with Crippen LogP contribution in [0.25, 0.3) is 0 Å². The second kappa shape index (κ2) is 5.96. The van der Waals surface area contributed by atoms with Crippen LogP contribution in [0.3, 0.4) is 0 Å². The van der Waals surface area contributed by atoms with Crippen molar-refractivity contribution in [3.05, 3.63) is 53.6 Å². The molecular weight excluding hydrogens is 270 g/mol. The third kappa shape index (κ3) is 3.30. The van der Waals surface area contributed by atoms with Gasteiger partial charge in [0.2, 0.25) is 5.91 Å². The average molecular weight is 285 g/mol. The Morgan fingerprint density at radius 2 is 1.86 bits per heavy atom. The Morgan fingerprint density at radius 1 is 1.10 bits per heavy atom. The number of carbonyl (C=O) groups excluding carboxylic acids is 2. The van der Waals surface area contributed by atoms with Crippen LogP contribution in [-0.4, -0.2) is 18.9 Å². The maximum Gasteiger partial charge on any atom is 0.251 e. The molecule has 0 unspecified atom stereocenters. The second-order valence-corrected chi connectivity index (χ2v) is 4.33. The van der Waals surface area contributed by atoms with Gasteiger partial charge in [-0.2, -0.15) is 0 Å². The van der Waals surface area contributed by atoms with E-state index in [4.69, 9.17) is 16.2 Å². The second-order valence-electron chi connectivity index (χ2n) is 4.33. The monoisotopic (exact) mass is 285 g/mol. The minimum atomic E-state index is -0.549. The summed E-state index contributed by atoms with van der Waals surface area (Å²) in [5.41, 5.74) is 12.2. The molecule has 0 spiro atoms. The van der Waals surface area contributed by atoms with E-state index in [9.17, 15) is 9.59 Å². The van der Waals surface area contributed by atoms with Crippen molar-refractivity contribution in [1.82, 2.24) is 5.32 Å². The first kappa shape index (κ1) is 14.4. The molecule has 0 saturated heterocycles. The van der Waals surface area contributed by atoms with Crippen molar-refractivity contribution >= 4 is 17.5 Å². The summed E-state index contributed by atoms with van der Waals surface area (Å²) in [5, 5.41) is 2.52. The van der Waals surface area contributed by atoms with Gasteiger partial charge >= 0.3 is 0 Å². The average Bonchev–Trinajstić information content (AvgIpc) is 2.49. The van der Waals surface area contributed by atoms with Gasteiger partial charge in [0, 0.05) is 18.2 Å². The van der Waals surface area contributed by atoms with Crippen LogP contribution in [0.5, 0.6) is 11.5 Å². The van der Waals surface area contributed by atoms with Crippen molar-refractivity contribution in [3.8, 4) is 11.5 Å². The number of hydrogen-bond donors (Lipinski definition) is 3. The molecule has 0 saturated carbocycles. The number of anilines is 1. The molecule has 0 heterocycles. The summed E-state index contributed by atoms with van der Waals surface area (Å²) in [6, 6.07) is 11.1. The SMILES string of the molecule is CNC(=O)c1ccc(N)c(Oc2cccc(C(N)=O)c2)c1. The molecule has 0 aliphatic heterocycles. The Balaban J connectivity index is 2.32. The van der Waals surface area contributed by atoms with Crippen LogP contribution in [-0.2, 0) is 0 Å². The highest BCUT2D eigenvalue weighted by Gasteiger charge is 2.09. The van der Waals surface area contributed by atoms with Gasteiger partial charge in [0.25, 0.3) is 5.91 Å². The molecule has 0 radical (unpaired) electrons. The van der Waals surface area contributed by atoms with E-state index in [1.54, 1.807) is 30.3 Å². The summed E-state index contributed by atoms with van der Waals surface area (Å²) in [5.74, 6) is -0.0527. The first-order valence-corrected chi connectivity index (χ1v) is 6.20. The Kier molecular flexibility index (Phi) is 4.08. The van der Waals surface area contributed by atoms with Crippen molar-refractivity contribution in [3.63, 3.8) is 0 Å². The highest BCUT2D eigenvalue weighted by molar-refractivity contribution is 5.95. The standard InChI is InChI=1S/C15H15N3O3/c1-18-15(20)10-5-6-12(16)13(8-10)21-11-4-2-3-9(7-11)14(17)19/h2-8H,16H2,1H3,(H2,17,19)(H,18,20). The number of carbonyl (C=O) groups is 2. The fourth-order valence-corrected chi connectivity index (χ4v) is 1.75. The molecule has 0 bridgehead atoms. The maximum atomic E-state index is 11.6. The van der Waals surface area contributed by atoms with Gasteiger partial charge < -0.3 is 21.5 Å². The van der Waals surface area contributed by atoms with Crippen LogP contribution in [0.15, 0.2) is 42.5 Å². The Morgan fingerprint density at radius 3 is 2.52 bits per heavy atom. The Hall–Kier alpha value is -3.02. The van der Waals surface area contributed by atoms with Gasteiger partial charge in [-0.25, -0.2) is 0 Å². The molecular formula is C15H15N3O3. The van der Waals surface area contributed by atoms with Gasteiger partial charge in [0.05, 0.1) is 5.69 Å². The maximum absolute atomic E-state index is 11.6.